The second kappa shape index (κ2) is 6.25. The summed E-state index contributed by atoms with van der Waals surface area (Å²) in [5.74, 6) is -1.86. The Morgan fingerprint density at radius 3 is 2.20 bits per heavy atom. The molecule has 1 saturated heterocycles. The first-order valence-corrected chi connectivity index (χ1v) is 7.02. The lowest BCUT2D eigenvalue weighted by molar-refractivity contribution is -0.250. The summed E-state index contributed by atoms with van der Waals surface area (Å²) >= 11 is 0. The monoisotopic (exact) mass is 280 g/mol. The number of hydrogen-bond donors (Lipinski definition) is 0. The zero-order valence-electron chi connectivity index (χ0n) is 12.8. The van der Waals surface area contributed by atoms with E-state index in [0.29, 0.717) is 5.92 Å². The zero-order chi connectivity index (χ0) is 15.4. The number of rotatable bonds is 6. The van der Waals surface area contributed by atoms with Gasteiger partial charge in [0.15, 0.2) is 5.41 Å². The number of hydrogen-bond acceptors (Lipinski definition) is 4. The second-order valence-corrected chi connectivity index (χ2v) is 5.77. The number of ether oxygens (including phenoxy) is 2. The smallest absolute Gasteiger partial charge is 0.327 e. The first-order chi connectivity index (χ1) is 9.27. The predicted molar refractivity (Wildman–Crippen MR) is 76.7 cm³/mol. The molecule has 1 fully saturated rings. The molecule has 0 aromatic rings. The van der Waals surface area contributed by atoms with Crippen LogP contribution in [0, 0.1) is 11.3 Å². The van der Waals surface area contributed by atoms with Crippen LogP contribution >= 0.6 is 0 Å². The summed E-state index contributed by atoms with van der Waals surface area (Å²) in [6.07, 6.45) is 6.91. The highest BCUT2D eigenvalue weighted by molar-refractivity contribution is 6.02. The van der Waals surface area contributed by atoms with E-state index in [0.717, 1.165) is 6.42 Å². The van der Waals surface area contributed by atoms with Gasteiger partial charge in [-0.2, -0.15) is 0 Å². The summed E-state index contributed by atoms with van der Waals surface area (Å²) in [6, 6.07) is 0. The second-order valence-electron chi connectivity index (χ2n) is 5.77. The van der Waals surface area contributed by atoms with Crippen molar-refractivity contribution in [2.75, 3.05) is 0 Å². The Morgan fingerprint density at radius 2 is 1.75 bits per heavy atom. The third-order valence-electron chi connectivity index (χ3n) is 3.53. The minimum Gasteiger partial charge on any atom is -0.422 e. The summed E-state index contributed by atoms with van der Waals surface area (Å²) < 4.78 is 10.5. The Bertz CT molecular complexity index is 400. The molecule has 112 valence electrons. The van der Waals surface area contributed by atoms with Crippen molar-refractivity contribution in [2.45, 2.75) is 52.7 Å². The summed E-state index contributed by atoms with van der Waals surface area (Å²) in [7, 11) is 0. The molecule has 20 heavy (non-hydrogen) atoms. The minimum atomic E-state index is -1.29. The van der Waals surface area contributed by atoms with Gasteiger partial charge in [-0.15, -0.1) is 6.58 Å². The normalized spacial score (nSPS) is 22.2. The maximum absolute atomic E-state index is 12.3. The Balaban J connectivity index is 2.96. The first-order valence-electron chi connectivity index (χ1n) is 7.02. The van der Waals surface area contributed by atoms with Gasteiger partial charge >= 0.3 is 11.9 Å². The maximum Gasteiger partial charge on any atom is 0.327 e. The van der Waals surface area contributed by atoms with E-state index in [2.05, 4.69) is 20.4 Å². The maximum atomic E-state index is 12.3. The molecule has 1 aliphatic rings. The molecule has 0 aromatic carbocycles. The van der Waals surface area contributed by atoms with E-state index in [-0.39, 0.29) is 12.8 Å². The fourth-order valence-electron chi connectivity index (χ4n) is 2.05. The van der Waals surface area contributed by atoms with E-state index in [1.165, 1.54) is 0 Å². The molecule has 0 aliphatic carbocycles. The van der Waals surface area contributed by atoms with Crippen LogP contribution in [0.3, 0.4) is 0 Å². The van der Waals surface area contributed by atoms with Gasteiger partial charge in [-0.25, -0.2) is 0 Å². The molecule has 0 aromatic heterocycles. The zero-order valence-corrected chi connectivity index (χ0v) is 12.8. The lowest BCUT2D eigenvalue weighted by atomic mass is 9.79. The molecule has 0 spiro atoms. The Morgan fingerprint density at radius 1 is 1.20 bits per heavy atom. The van der Waals surface area contributed by atoms with Crippen LogP contribution in [0.5, 0.6) is 0 Å². The first kappa shape index (κ1) is 16.5. The van der Waals surface area contributed by atoms with Gasteiger partial charge in [0, 0.05) is 13.8 Å². The van der Waals surface area contributed by atoms with E-state index in [1.54, 1.807) is 19.9 Å². The number of allylic oxidation sites excluding steroid dienone is 3. The lowest BCUT2D eigenvalue weighted by Gasteiger charge is -2.39. The van der Waals surface area contributed by atoms with Gasteiger partial charge in [-0.1, -0.05) is 38.5 Å². The Hall–Kier alpha value is -1.58. The van der Waals surface area contributed by atoms with Crippen molar-refractivity contribution in [3.05, 3.63) is 24.8 Å². The van der Waals surface area contributed by atoms with Crippen LogP contribution in [-0.2, 0) is 19.1 Å². The van der Waals surface area contributed by atoms with Crippen molar-refractivity contribution in [1.29, 1.82) is 0 Å². The fraction of sp³-hybridized carbons (Fsp3) is 0.625. The summed E-state index contributed by atoms with van der Waals surface area (Å²) in [5, 5.41) is 0. The molecule has 1 unspecified atom stereocenters. The molecule has 1 rings (SSSR count). The molecule has 0 amide bonds. The van der Waals surface area contributed by atoms with Gasteiger partial charge < -0.3 is 9.47 Å². The molecular formula is C16H24O4. The van der Waals surface area contributed by atoms with E-state index in [4.69, 9.17) is 9.47 Å². The highest BCUT2D eigenvalue weighted by atomic mass is 16.7. The largest absolute Gasteiger partial charge is 0.422 e. The van der Waals surface area contributed by atoms with Gasteiger partial charge in [-0.3, -0.25) is 9.59 Å². The highest BCUT2D eigenvalue weighted by Crippen LogP contribution is 2.38. The molecule has 0 radical (unpaired) electrons. The Kier molecular flexibility index (Phi) is 5.15. The van der Waals surface area contributed by atoms with Crippen LogP contribution in [0.1, 0.15) is 47.0 Å². The number of cyclic esters (lactones) is 2. The Labute approximate surface area is 120 Å². The van der Waals surface area contributed by atoms with E-state index in [9.17, 15) is 9.59 Å². The minimum absolute atomic E-state index is 0.214. The van der Waals surface area contributed by atoms with Gasteiger partial charge in [0.25, 0.3) is 5.79 Å². The summed E-state index contributed by atoms with van der Waals surface area (Å²) in [4.78, 5) is 24.5. The van der Waals surface area contributed by atoms with Crippen LogP contribution in [0.15, 0.2) is 24.8 Å². The number of esters is 2. The molecule has 0 bridgehead atoms. The van der Waals surface area contributed by atoms with Crippen LogP contribution in [-0.4, -0.2) is 17.7 Å². The van der Waals surface area contributed by atoms with Crippen molar-refractivity contribution < 1.29 is 19.1 Å². The van der Waals surface area contributed by atoms with E-state index in [1.807, 2.05) is 12.2 Å². The molecule has 4 heteroatoms. The quantitative estimate of drug-likeness (QED) is 0.425. The van der Waals surface area contributed by atoms with Crippen molar-refractivity contribution in [2.24, 2.45) is 11.3 Å². The lowest BCUT2D eigenvalue weighted by Crippen LogP contribution is -2.53. The average molecular weight is 280 g/mol. The molecule has 4 nitrogen and oxygen atoms in total. The number of carbonyl (C=O) groups is 2. The van der Waals surface area contributed by atoms with Gasteiger partial charge in [0.05, 0.1) is 0 Å². The number of carbonyl (C=O) groups excluding carboxylic acids is 2. The van der Waals surface area contributed by atoms with Crippen molar-refractivity contribution in [1.82, 2.24) is 0 Å². The molecule has 1 heterocycles. The van der Waals surface area contributed by atoms with Gasteiger partial charge in [-0.05, 0) is 18.8 Å². The van der Waals surface area contributed by atoms with Crippen LogP contribution in [0.4, 0.5) is 0 Å². The van der Waals surface area contributed by atoms with E-state index < -0.39 is 23.1 Å². The van der Waals surface area contributed by atoms with Crippen molar-refractivity contribution in [3.63, 3.8) is 0 Å². The summed E-state index contributed by atoms with van der Waals surface area (Å²) in [6.45, 7) is 10.9. The molecule has 0 N–H and O–H groups in total. The summed E-state index contributed by atoms with van der Waals surface area (Å²) in [5.41, 5.74) is -1.29. The van der Waals surface area contributed by atoms with Gasteiger partial charge in [0.1, 0.15) is 0 Å². The standard InChI is InChI=1S/C16H24O4/c1-6-10-16(11-8-9-12(3)7-2)13(17)19-15(4,5)20-14(16)18/h6,8-9,12H,1,7,10-11H2,2-5H3/b9-8+. The average Bonchev–Trinajstić information content (AvgIpc) is 2.34. The SMILES string of the molecule is C=CCC1(C/C=C/C(C)CC)C(=O)OC(C)(C)OC1=O. The van der Waals surface area contributed by atoms with Crippen LogP contribution < -0.4 is 0 Å². The van der Waals surface area contributed by atoms with E-state index >= 15 is 0 Å². The van der Waals surface area contributed by atoms with Crippen molar-refractivity contribution in [3.8, 4) is 0 Å². The van der Waals surface area contributed by atoms with Crippen LogP contribution in [0.2, 0.25) is 0 Å². The predicted octanol–water partition coefficient (Wildman–Crippen LogP) is 3.38. The molecule has 1 atom stereocenters. The third kappa shape index (κ3) is 3.50. The van der Waals surface area contributed by atoms with Gasteiger partial charge in [0.2, 0.25) is 0 Å². The molecule has 1 aliphatic heterocycles. The van der Waals surface area contributed by atoms with Crippen molar-refractivity contribution >= 4 is 11.9 Å². The third-order valence-corrected chi connectivity index (χ3v) is 3.53. The fourth-order valence-corrected chi connectivity index (χ4v) is 2.05. The van der Waals surface area contributed by atoms with Crippen LogP contribution in [0.25, 0.3) is 0 Å². The molecule has 0 saturated carbocycles. The molecular weight excluding hydrogens is 256 g/mol. The highest BCUT2D eigenvalue weighted by Gasteiger charge is 2.54. The topological polar surface area (TPSA) is 52.6 Å².